The van der Waals surface area contributed by atoms with Gasteiger partial charge in [-0.05, 0) is 5.54 Å². The Balaban J connectivity index is 3.87. The van der Waals surface area contributed by atoms with Gasteiger partial charge in [-0.1, -0.05) is 13.8 Å². The topological polar surface area (TPSA) is 30.5 Å². The smallest absolute Gasteiger partial charge is 0.214 e. The number of hydrogen-bond donors (Lipinski definition) is 2. The van der Waals surface area contributed by atoms with Crippen molar-refractivity contribution in [2.24, 2.45) is 0 Å². The highest BCUT2D eigenvalue weighted by molar-refractivity contribution is 6.54. The zero-order valence-electron chi connectivity index (χ0n) is 9.05. The van der Waals surface area contributed by atoms with Crippen LogP contribution in [-0.4, -0.2) is 47.3 Å². The van der Waals surface area contributed by atoms with Crippen molar-refractivity contribution < 1.29 is 0 Å². The third kappa shape index (κ3) is 5.67. The predicted octanol–water partition coefficient (Wildman–Crippen LogP) is -0.251. The van der Waals surface area contributed by atoms with Gasteiger partial charge in [0.1, 0.15) is 0 Å². The standard InChI is InChI=1S/C7H22N4Si/c1-7(2)12(8-10(3)4)9-11(5)6/h7-9,12H,1-6H3. The molecule has 0 aromatic rings. The van der Waals surface area contributed by atoms with Crippen LogP contribution >= 0.6 is 0 Å². The number of rotatable bonds is 5. The van der Waals surface area contributed by atoms with Gasteiger partial charge in [0.15, 0.2) is 0 Å². The van der Waals surface area contributed by atoms with Crippen molar-refractivity contribution in [2.45, 2.75) is 19.4 Å². The van der Waals surface area contributed by atoms with E-state index in [0.717, 1.165) is 0 Å². The van der Waals surface area contributed by atoms with Gasteiger partial charge in [0, 0.05) is 28.2 Å². The Labute approximate surface area is 77.6 Å². The van der Waals surface area contributed by atoms with Crippen LogP contribution in [0.25, 0.3) is 0 Å². The van der Waals surface area contributed by atoms with Gasteiger partial charge >= 0.3 is 0 Å². The molecule has 0 aromatic carbocycles. The molecule has 0 amide bonds. The molecule has 0 unspecified atom stereocenters. The van der Waals surface area contributed by atoms with Crippen LogP contribution in [0.5, 0.6) is 0 Å². The van der Waals surface area contributed by atoms with Gasteiger partial charge in [-0.3, -0.25) is 20.2 Å². The van der Waals surface area contributed by atoms with Crippen LogP contribution in [0.15, 0.2) is 0 Å². The van der Waals surface area contributed by atoms with Gasteiger partial charge < -0.3 is 0 Å². The monoisotopic (exact) mass is 190 g/mol. The highest BCUT2D eigenvalue weighted by Gasteiger charge is 2.16. The summed E-state index contributed by atoms with van der Waals surface area (Å²) in [6, 6.07) is 0. The van der Waals surface area contributed by atoms with E-state index in [1.807, 2.05) is 38.2 Å². The van der Waals surface area contributed by atoms with Gasteiger partial charge in [0.25, 0.3) is 0 Å². The van der Waals surface area contributed by atoms with Crippen LogP contribution in [0.4, 0.5) is 0 Å². The zero-order valence-corrected chi connectivity index (χ0v) is 10.2. The summed E-state index contributed by atoms with van der Waals surface area (Å²) in [6.45, 7) is 4.48. The average molecular weight is 190 g/mol. The minimum atomic E-state index is -1.07. The van der Waals surface area contributed by atoms with Gasteiger partial charge in [0.2, 0.25) is 9.12 Å². The molecule has 0 rings (SSSR count). The summed E-state index contributed by atoms with van der Waals surface area (Å²) in [5, 5.41) is 10.9. The second-order valence-electron chi connectivity index (χ2n) is 3.77. The fraction of sp³-hybridized carbons (Fsp3) is 1.00. The van der Waals surface area contributed by atoms with Crippen molar-refractivity contribution in [1.82, 2.24) is 20.2 Å². The first-order valence-electron chi connectivity index (χ1n) is 4.30. The Hall–Kier alpha value is 0.0569. The van der Waals surface area contributed by atoms with E-state index in [4.69, 9.17) is 0 Å². The van der Waals surface area contributed by atoms with Gasteiger partial charge in [-0.15, -0.1) is 0 Å². The summed E-state index contributed by atoms with van der Waals surface area (Å²) < 4.78 is 0. The normalized spacial score (nSPS) is 12.5. The van der Waals surface area contributed by atoms with E-state index >= 15 is 0 Å². The van der Waals surface area contributed by atoms with Gasteiger partial charge in [0.05, 0.1) is 0 Å². The molecule has 74 valence electrons. The molecule has 0 bridgehead atoms. The first-order chi connectivity index (χ1) is 5.43. The Kier molecular flexibility index (Phi) is 5.69. The molecular weight excluding hydrogens is 168 g/mol. The van der Waals surface area contributed by atoms with E-state index in [1.54, 1.807) is 0 Å². The number of hydrazine groups is 2. The second kappa shape index (κ2) is 5.66. The Morgan fingerprint density at radius 3 is 1.42 bits per heavy atom. The largest absolute Gasteiger partial charge is 0.263 e. The van der Waals surface area contributed by atoms with E-state index in [-0.39, 0.29) is 0 Å². The quantitative estimate of drug-likeness (QED) is 0.462. The van der Waals surface area contributed by atoms with Gasteiger partial charge in [-0.25, -0.2) is 0 Å². The van der Waals surface area contributed by atoms with Crippen LogP contribution in [0.3, 0.4) is 0 Å². The molecule has 0 radical (unpaired) electrons. The van der Waals surface area contributed by atoms with Crippen molar-refractivity contribution in [3.05, 3.63) is 0 Å². The van der Waals surface area contributed by atoms with Crippen molar-refractivity contribution in [3.8, 4) is 0 Å². The Bertz CT molecular complexity index is 106. The summed E-state index contributed by atoms with van der Waals surface area (Å²) >= 11 is 0. The Morgan fingerprint density at radius 2 is 1.25 bits per heavy atom. The van der Waals surface area contributed by atoms with Crippen molar-refractivity contribution in [3.63, 3.8) is 0 Å². The summed E-state index contributed by atoms with van der Waals surface area (Å²) in [7, 11) is 7.04. The summed E-state index contributed by atoms with van der Waals surface area (Å²) in [6.07, 6.45) is 0. The molecule has 0 spiro atoms. The van der Waals surface area contributed by atoms with Crippen molar-refractivity contribution in [1.29, 1.82) is 0 Å². The molecule has 0 heterocycles. The SMILES string of the molecule is CC(C)[SiH](NN(C)C)NN(C)C. The first kappa shape index (κ1) is 12.1. The highest BCUT2D eigenvalue weighted by Crippen LogP contribution is 2.01. The maximum Gasteiger partial charge on any atom is 0.214 e. The number of nitrogens with one attached hydrogen (secondary N) is 2. The maximum absolute atomic E-state index is 3.43. The minimum absolute atomic E-state index is 0.690. The molecule has 0 saturated carbocycles. The van der Waals surface area contributed by atoms with Crippen molar-refractivity contribution in [2.75, 3.05) is 28.2 Å². The van der Waals surface area contributed by atoms with Crippen molar-refractivity contribution >= 4 is 9.12 Å². The third-order valence-corrected chi connectivity index (χ3v) is 4.38. The molecule has 12 heavy (non-hydrogen) atoms. The summed E-state index contributed by atoms with van der Waals surface area (Å²) in [4.78, 5) is 0. The third-order valence-electron chi connectivity index (χ3n) is 1.46. The molecule has 0 aliphatic heterocycles. The lowest BCUT2D eigenvalue weighted by Crippen LogP contribution is -2.58. The molecule has 0 saturated heterocycles. The second-order valence-corrected chi connectivity index (χ2v) is 6.57. The van der Waals surface area contributed by atoms with Crippen LogP contribution < -0.4 is 10.2 Å². The molecule has 0 fully saturated rings. The maximum atomic E-state index is 3.43. The van der Waals surface area contributed by atoms with Crippen LogP contribution in [-0.2, 0) is 0 Å². The molecule has 0 atom stereocenters. The molecule has 0 aliphatic carbocycles. The Morgan fingerprint density at radius 1 is 0.917 bits per heavy atom. The molecule has 2 N–H and O–H groups in total. The molecule has 4 nitrogen and oxygen atoms in total. The number of nitrogens with zero attached hydrogens (tertiary/aromatic N) is 2. The lowest BCUT2D eigenvalue weighted by molar-refractivity contribution is 0.320. The predicted molar refractivity (Wildman–Crippen MR) is 55.9 cm³/mol. The summed E-state index contributed by atoms with van der Waals surface area (Å²) in [5.41, 5.74) is 0.690. The van der Waals surface area contributed by atoms with E-state index in [0.29, 0.717) is 5.54 Å². The van der Waals surface area contributed by atoms with Crippen LogP contribution in [0.2, 0.25) is 5.54 Å². The average Bonchev–Trinajstić information content (AvgIpc) is 1.83. The lowest BCUT2D eigenvalue weighted by Gasteiger charge is -2.28. The minimum Gasteiger partial charge on any atom is -0.263 e. The van der Waals surface area contributed by atoms with E-state index < -0.39 is 9.12 Å². The first-order valence-corrected chi connectivity index (χ1v) is 6.12. The molecule has 0 aliphatic rings. The molecule has 0 aromatic heterocycles. The van der Waals surface area contributed by atoms with Crippen LogP contribution in [0.1, 0.15) is 13.8 Å². The highest BCUT2D eigenvalue weighted by atomic mass is 28.3. The van der Waals surface area contributed by atoms with E-state index in [1.165, 1.54) is 0 Å². The van der Waals surface area contributed by atoms with Gasteiger partial charge in [-0.2, -0.15) is 0 Å². The summed E-state index contributed by atoms with van der Waals surface area (Å²) in [5.74, 6) is 0. The van der Waals surface area contributed by atoms with E-state index in [9.17, 15) is 0 Å². The molecule has 5 heteroatoms. The lowest BCUT2D eigenvalue weighted by atomic mass is 10.6. The molecular formula is C7H22N4Si. The van der Waals surface area contributed by atoms with Crippen LogP contribution in [0, 0.1) is 0 Å². The number of hydrogen-bond acceptors (Lipinski definition) is 4. The fourth-order valence-electron chi connectivity index (χ4n) is 0.883. The van der Waals surface area contributed by atoms with E-state index in [2.05, 4.69) is 24.0 Å². The zero-order chi connectivity index (χ0) is 9.72. The fourth-order valence-corrected chi connectivity index (χ4v) is 2.65.